The van der Waals surface area contributed by atoms with Crippen molar-refractivity contribution in [1.82, 2.24) is 4.98 Å². The highest BCUT2D eigenvalue weighted by molar-refractivity contribution is 5.46. The normalized spacial score (nSPS) is 7.62. The zero-order chi connectivity index (χ0) is 19.0. The molecular weight excluding hydrogens is 292 g/mol. The summed E-state index contributed by atoms with van der Waals surface area (Å²) in [5.74, 6) is 6.05. The molecule has 24 heavy (non-hydrogen) atoms. The molecule has 0 N–H and O–H groups in total. The zero-order valence-corrected chi connectivity index (χ0v) is 16.4. The highest BCUT2D eigenvalue weighted by atomic mass is 14.7. The molecule has 0 spiro atoms. The van der Waals surface area contributed by atoms with Gasteiger partial charge in [0, 0.05) is 11.3 Å². The molecule has 0 radical (unpaired) electrons. The van der Waals surface area contributed by atoms with Crippen LogP contribution in [0.4, 0.5) is 0 Å². The van der Waals surface area contributed by atoms with Crippen LogP contribution in [0.3, 0.4) is 0 Å². The third-order valence-electron chi connectivity index (χ3n) is 2.43. The van der Waals surface area contributed by atoms with E-state index in [1.165, 1.54) is 0 Å². The molecule has 0 saturated carbocycles. The van der Waals surface area contributed by atoms with Crippen LogP contribution in [0.15, 0.2) is 36.4 Å². The van der Waals surface area contributed by atoms with Gasteiger partial charge in [-0.15, -0.1) is 0 Å². The van der Waals surface area contributed by atoms with Crippen molar-refractivity contribution in [1.29, 1.82) is 5.26 Å². The number of aromatic nitrogens is 1. The highest BCUT2D eigenvalue weighted by Gasteiger charge is 1.95. The maximum Gasteiger partial charge on any atom is 0.113 e. The zero-order valence-electron chi connectivity index (χ0n) is 16.4. The minimum atomic E-state index is 0.636. The number of nitriles is 1. The molecule has 0 atom stereocenters. The Balaban J connectivity index is 0. The van der Waals surface area contributed by atoms with Gasteiger partial charge in [0.2, 0.25) is 0 Å². The molecule has 0 unspecified atom stereocenters. The predicted octanol–water partition coefficient (Wildman–Crippen LogP) is 6.05. The fraction of sp³-hybridized carbons (Fsp3) is 0.364. The second kappa shape index (κ2) is 15.3. The molecule has 1 aromatic heterocycles. The molecule has 1 aromatic carbocycles. The van der Waals surface area contributed by atoms with Gasteiger partial charge in [-0.05, 0) is 55.7 Å². The molecule has 2 heteroatoms. The molecule has 2 rings (SSSR count). The lowest BCUT2D eigenvalue weighted by Crippen LogP contribution is -1.86. The van der Waals surface area contributed by atoms with Gasteiger partial charge in [0.15, 0.2) is 0 Å². The van der Waals surface area contributed by atoms with Gasteiger partial charge in [-0.1, -0.05) is 53.5 Å². The first-order valence-corrected chi connectivity index (χ1v) is 8.65. The quantitative estimate of drug-likeness (QED) is 0.554. The molecule has 2 nitrogen and oxygen atoms in total. The average molecular weight is 322 g/mol. The fourth-order valence-corrected chi connectivity index (χ4v) is 1.67. The van der Waals surface area contributed by atoms with Crippen molar-refractivity contribution in [3.63, 3.8) is 0 Å². The predicted molar refractivity (Wildman–Crippen MR) is 105 cm³/mol. The van der Waals surface area contributed by atoms with E-state index in [0.717, 1.165) is 22.5 Å². The van der Waals surface area contributed by atoms with Crippen LogP contribution in [0, 0.1) is 37.0 Å². The van der Waals surface area contributed by atoms with E-state index in [2.05, 4.69) is 22.9 Å². The van der Waals surface area contributed by atoms with Gasteiger partial charge in [-0.2, -0.15) is 5.26 Å². The number of nitrogens with zero attached hydrogens (tertiary/aromatic N) is 2. The van der Waals surface area contributed by atoms with Crippen LogP contribution in [0.5, 0.6) is 0 Å². The third kappa shape index (κ3) is 9.44. The lowest BCUT2D eigenvalue weighted by molar-refractivity contribution is 1.18. The van der Waals surface area contributed by atoms with E-state index < -0.39 is 0 Å². The Labute approximate surface area is 148 Å². The largest absolute Gasteiger partial charge is 0.245 e. The second-order valence-electron chi connectivity index (χ2n) is 4.11. The number of aryl methyl sites for hydroxylation is 2. The number of hydrogen-bond donors (Lipinski definition) is 0. The fourth-order valence-electron chi connectivity index (χ4n) is 1.67. The van der Waals surface area contributed by atoms with Crippen molar-refractivity contribution in [3.05, 3.63) is 64.5 Å². The van der Waals surface area contributed by atoms with Crippen LogP contribution in [0.2, 0.25) is 0 Å². The number of pyridine rings is 1. The lowest BCUT2D eigenvalue weighted by Gasteiger charge is -1.96. The van der Waals surface area contributed by atoms with Crippen LogP contribution in [-0.4, -0.2) is 4.98 Å². The smallest absolute Gasteiger partial charge is 0.113 e. The highest BCUT2D eigenvalue weighted by Crippen LogP contribution is 2.08. The van der Waals surface area contributed by atoms with Crippen molar-refractivity contribution in [2.24, 2.45) is 0 Å². The van der Waals surface area contributed by atoms with E-state index >= 15 is 0 Å². The molecule has 2 aromatic rings. The van der Waals surface area contributed by atoms with Crippen molar-refractivity contribution in [2.75, 3.05) is 0 Å². The first-order chi connectivity index (χ1) is 11.7. The van der Waals surface area contributed by atoms with Crippen LogP contribution in [0.25, 0.3) is 0 Å². The van der Waals surface area contributed by atoms with Gasteiger partial charge < -0.3 is 0 Å². The van der Waals surface area contributed by atoms with Crippen LogP contribution >= 0.6 is 0 Å². The Hall–Kier alpha value is -2.58. The molecule has 0 aliphatic rings. The summed E-state index contributed by atoms with van der Waals surface area (Å²) in [6.07, 6.45) is 0. The average Bonchev–Trinajstić information content (AvgIpc) is 2.64. The van der Waals surface area contributed by atoms with Gasteiger partial charge in [-0.3, -0.25) is 0 Å². The summed E-state index contributed by atoms with van der Waals surface area (Å²) in [6.45, 7) is 15.9. The summed E-state index contributed by atoms with van der Waals surface area (Å²) in [7, 11) is 0. The third-order valence-corrected chi connectivity index (χ3v) is 2.43. The molecule has 128 valence electrons. The Morgan fingerprint density at radius 3 is 1.92 bits per heavy atom. The Kier molecular flexibility index (Phi) is 15.1. The number of rotatable bonds is 0. The summed E-state index contributed by atoms with van der Waals surface area (Å²) in [5.41, 5.74) is 4.21. The SMILES string of the molecule is CC.CC.CC.Cc1cc(C#N)cc(C#Cc2cccc(C)n2)c1. The van der Waals surface area contributed by atoms with Crippen LogP contribution in [0.1, 0.15) is 69.6 Å². The minimum absolute atomic E-state index is 0.636. The summed E-state index contributed by atoms with van der Waals surface area (Å²) >= 11 is 0. The summed E-state index contributed by atoms with van der Waals surface area (Å²) in [6, 6.07) is 13.5. The molecule has 0 aliphatic carbocycles. The molecule has 0 aliphatic heterocycles. The monoisotopic (exact) mass is 322 g/mol. The van der Waals surface area contributed by atoms with E-state index in [-0.39, 0.29) is 0 Å². The minimum Gasteiger partial charge on any atom is -0.245 e. The van der Waals surface area contributed by atoms with Crippen LogP contribution in [-0.2, 0) is 0 Å². The summed E-state index contributed by atoms with van der Waals surface area (Å²) < 4.78 is 0. The van der Waals surface area contributed by atoms with E-state index in [1.54, 1.807) is 6.07 Å². The van der Waals surface area contributed by atoms with Crippen LogP contribution < -0.4 is 0 Å². The first kappa shape index (κ1) is 23.7. The molecule has 0 saturated heterocycles. The summed E-state index contributed by atoms with van der Waals surface area (Å²) in [5, 5.41) is 8.90. The topological polar surface area (TPSA) is 36.7 Å². The molecule has 1 heterocycles. The number of benzene rings is 1. The molecular formula is C22H30N2. The van der Waals surface area contributed by atoms with Gasteiger partial charge in [0.25, 0.3) is 0 Å². The molecule has 0 amide bonds. The van der Waals surface area contributed by atoms with Gasteiger partial charge >= 0.3 is 0 Å². The van der Waals surface area contributed by atoms with Crippen molar-refractivity contribution >= 4 is 0 Å². The Morgan fingerprint density at radius 1 is 0.792 bits per heavy atom. The van der Waals surface area contributed by atoms with Gasteiger partial charge in [0.05, 0.1) is 11.6 Å². The van der Waals surface area contributed by atoms with Gasteiger partial charge in [-0.25, -0.2) is 4.98 Å². The van der Waals surface area contributed by atoms with E-state index in [9.17, 15) is 0 Å². The Morgan fingerprint density at radius 2 is 1.38 bits per heavy atom. The van der Waals surface area contributed by atoms with E-state index in [1.807, 2.05) is 85.7 Å². The van der Waals surface area contributed by atoms with Crippen molar-refractivity contribution < 1.29 is 0 Å². The first-order valence-electron chi connectivity index (χ1n) is 8.65. The molecule has 0 bridgehead atoms. The maximum absolute atomic E-state index is 8.90. The van der Waals surface area contributed by atoms with E-state index in [4.69, 9.17) is 5.26 Å². The second-order valence-corrected chi connectivity index (χ2v) is 4.11. The van der Waals surface area contributed by atoms with Crippen molar-refractivity contribution in [3.8, 4) is 17.9 Å². The van der Waals surface area contributed by atoms with Crippen molar-refractivity contribution in [2.45, 2.75) is 55.4 Å². The Bertz CT molecular complexity index is 683. The van der Waals surface area contributed by atoms with Gasteiger partial charge in [0.1, 0.15) is 5.69 Å². The standard InChI is InChI=1S/C16H12N2.3C2H6/c1-12-8-14(10-15(9-12)11-17)6-7-16-5-3-4-13(2)18-16;3*1-2/h3-5,8-10H,1-2H3;3*1-2H3. The summed E-state index contributed by atoms with van der Waals surface area (Å²) in [4.78, 5) is 4.31. The van der Waals surface area contributed by atoms with E-state index in [0.29, 0.717) is 5.56 Å². The maximum atomic E-state index is 8.90. The number of hydrogen-bond acceptors (Lipinski definition) is 2. The lowest BCUT2D eigenvalue weighted by atomic mass is 10.1. The molecule has 0 fully saturated rings.